The maximum atomic E-state index is 11.4. The molecule has 14 aromatic rings. The average Bonchev–Trinajstić information content (AvgIpc) is 4.13. The number of benzene rings is 9. The second-order valence-electron chi connectivity index (χ2n) is 16.8. The van der Waals surface area contributed by atoms with Crippen molar-refractivity contribution >= 4 is 87.5 Å². The Hall–Kier alpha value is -9.25. The minimum atomic E-state index is 0.500. The highest BCUT2D eigenvalue weighted by Gasteiger charge is 2.29. The highest BCUT2D eigenvalue weighted by Crippen LogP contribution is 2.50. The Bertz CT molecular complexity index is 4270. The molecule has 0 saturated heterocycles. The van der Waals surface area contributed by atoms with Crippen molar-refractivity contribution in [1.29, 1.82) is 5.26 Å². The summed E-state index contributed by atoms with van der Waals surface area (Å²) < 4.78 is 13.6. The zero-order valence-corrected chi connectivity index (χ0v) is 35.2. The lowest BCUT2D eigenvalue weighted by Gasteiger charge is -2.15. The summed E-state index contributed by atoms with van der Waals surface area (Å²) in [7, 11) is 0. The molecule has 0 aliphatic heterocycles. The number of aromatic nitrogens is 5. The van der Waals surface area contributed by atoms with Crippen LogP contribution in [0, 0.1) is 11.3 Å². The van der Waals surface area contributed by atoms with Gasteiger partial charge in [0.25, 0.3) is 0 Å². The third-order valence-corrected chi connectivity index (χ3v) is 13.3. The Morgan fingerprint density at radius 2 is 0.879 bits per heavy atom. The van der Waals surface area contributed by atoms with Crippen molar-refractivity contribution in [3.05, 3.63) is 212 Å². The van der Waals surface area contributed by atoms with Crippen molar-refractivity contribution in [2.45, 2.75) is 0 Å². The van der Waals surface area contributed by atoms with Gasteiger partial charge in [0.15, 0.2) is 5.82 Å². The van der Waals surface area contributed by atoms with Crippen LogP contribution in [0.15, 0.2) is 211 Å². The van der Waals surface area contributed by atoms with Crippen LogP contribution in [0.1, 0.15) is 5.56 Å². The van der Waals surface area contributed by atoms with Gasteiger partial charge in [-0.2, -0.15) is 10.2 Å². The lowest BCUT2D eigenvalue weighted by Crippen LogP contribution is -2.00. The van der Waals surface area contributed by atoms with Crippen molar-refractivity contribution in [2.75, 3.05) is 0 Å². The summed E-state index contributed by atoms with van der Waals surface area (Å²) in [5.74, 6) is 0.553. The number of rotatable bonds is 5. The number of furan rings is 1. The molecule has 0 saturated carbocycles. The molecule has 0 amide bonds. The standard InChI is InChI=1S/C59H34N6O/c60-35-38-34-37(54-50-44-27-13-17-31-49(44)66-59(50)62-58(61-54)36-18-4-1-5-19-36)32-33-45(38)65-48-30-16-12-26-43(48)53-56-51(41-24-10-14-28-46(41)63(56)39-20-6-2-7-21-39)55-52(57(53)65)42-25-11-15-29-47(42)64(55)40-22-8-3-9-23-40/h1-34H. The fourth-order valence-corrected chi connectivity index (χ4v) is 10.6. The molecule has 66 heavy (non-hydrogen) atoms. The predicted octanol–water partition coefficient (Wildman–Crippen LogP) is 14.9. The third kappa shape index (κ3) is 5.01. The molecule has 0 radical (unpaired) electrons. The topological polar surface area (TPSA) is 77.5 Å². The van der Waals surface area contributed by atoms with Gasteiger partial charge in [0.1, 0.15) is 11.7 Å². The van der Waals surface area contributed by atoms with Crippen molar-refractivity contribution in [3.8, 4) is 45.8 Å². The normalized spacial score (nSPS) is 11.9. The highest BCUT2D eigenvalue weighted by atomic mass is 16.3. The van der Waals surface area contributed by atoms with Gasteiger partial charge in [0, 0.05) is 60.2 Å². The van der Waals surface area contributed by atoms with E-state index in [1.54, 1.807) is 0 Å². The molecule has 5 aromatic heterocycles. The molecule has 0 spiro atoms. The molecule has 14 rings (SSSR count). The summed E-state index contributed by atoms with van der Waals surface area (Å²) in [4.78, 5) is 10.2. The van der Waals surface area contributed by atoms with Gasteiger partial charge in [-0.1, -0.05) is 146 Å². The Balaban J connectivity index is 1.16. The van der Waals surface area contributed by atoms with Crippen molar-refractivity contribution < 1.29 is 4.42 Å². The summed E-state index contributed by atoms with van der Waals surface area (Å²) in [5, 5.41) is 19.9. The summed E-state index contributed by atoms with van der Waals surface area (Å²) in [6.07, 6.45) is 0. The average molecular weight is 843 g/mol. The van der Waals surface area contributed by atoms with Gasteiger partial charge in [-0.3, -0.25) is 0 Å². The first-order valence-electron chi connectivity index (χ1n) is 22.1. The van der Waals surface area contributed by atoms with Gasteiger partial charge in [-0.25, -0.2) is 4.98 Å². The molecule has 5 heterocycles. The highest BCUT2D eigenvalue weighted by molar-refractivity contribution is 6.40. The number of nitriles is 1. The molecule has 0 aliphatic carbocycles. The fraction of sp³-hybridized carbons (Fsp3) is 0. The number of para-hydroxylation sites is 6. The van der Waals surface area contributed by atoms with Crippen LogP contribution < -0.4 is 0 Å². The zero-order chi connectivity index (χ0) is 43.5. The molecule has 306 valence electrons. The van der Waals surface area contributed by atoms with Crippen LogP contribution in [0.3, 0.4) is 0 Å². The van der Waals surface area contributed by atoms with E-state index < -0.39 is 0 Å². The first-order valence-corrected chi connectivity index (χ1v) is 22.1. The van der Waals surface area contributed by atoms with E-state index in [1.807, 2.05) is 60.7 Å². The Kier molecular flexibility index (Phi) is 7.62. The second kappa shape index (κ2) is 13.9. The van der Waals surface area contributed by atoms with Gasteiger partial charge in [0.2, 0.25) is 5.71 Å². The summed E-state index contributed by atoms with van der Waals surface area (Å²) in [6, 6.07) is 74.2. The van der Waals surface area contributed by atoms with Gasteiger partial charge in [0.05, 0.1) is 55.4 Å². The molecule has 9 aromatic carbocycles. The van der Waals surface area contributed by atoms with Crippen LogP contribution in [0.4, 0.5) is 0 Å². The van der Waals surface area contributed by atoms with E-state index in [9.17, 15) is 5.26 Å². The summed E-state index contributed by atoms with van der Waals surface area (Å²) in [5.41, 5.74) is 13.5. The molecule has 0 aliphatic rings. The Morgan fingerprint density at radius 3 is 1.44 bits per heavy atom. The van der Waals surface area contributed by atoms with E-state index >= 15 is 0 Å². The first-order chi connectivity index (χ1) is 32.7. The van der Waals surface area contributed by atoms with Crippen LogP contribution >= 0.6 is 0 Å². The lowest BCUT2D eigenvalue weighted by molar-refractivity contribution is 0.653. The largest absolute Gasteiger partial charge is 0.438 e. The second-order valence-corrected chi connectivity index (χ2v) is 16.8. The fourth-order valence-electron chi connectivity index (χ4n) is 10.6. The quantitative estimate of drug-likeness (QED) is 0.173. The van der Waals surface area contributed by atoms with Gasteiger partial charge < -0.3 is 18.1 Å². The molecule has 0 unspecified atom stereocenters. The van der Waals surface area contributed by atoms with Crippen LogP contribution in [0.2, 0.25) is 0 Å². The third-order valence-electron chi connectivity index (χ3n) is 13.3. The van der Waals surface area contributed by atoms with Crippen molar-refractivity contribution in [3.63, 3.8) is 0 Å². The minimum Gasteiger partial charge on any atom is -0.438 e. The van der Waals surface area contributed by atoms with Gasteiger partial charge in [-0.15, -0.1) is 0 Å². The molecular weight excluding hydrogens is 809 g/mol. The lowest BCUT2D eigenvalue weighted by atomic mass is 10.0. The maximum Gasteiger partial charge on any atom is 0.231 e. The van der Waals surface area contributed by atoms with Crippen molar-refractivity contribution in [2.24, 2.45) is 0 Å². The number of hydrogen-bond donors (Lipinski definition) is 0. The smallest absolute Gasteiger partial charge is 0.231 e. The Morgan fingerprint density at radius 1 is 0.409 bits per heavy atom. The summed E-state index contributed by atoms with van der Waals surface area (Å²) in [6.45, 7) is 0. The SMILES string of the molecule is N#Cc1cc(-c2nc(-c3ccccc3)nc3oc4ccccc4c23)ccc1-n1c2ccccc2c2c3c(c4ccccc4n3-c3ccccc3)c3c(c4ccccc4n3-c3ccccc3)c21. The van der Waals surface area contributed by atoms with E-state index in [0.29, 0.717) is 22.8 Å². The number of hydrogen-bond acceptors (Lipinski definition) is 4. The molecular formula is C59H34N6O. The van der Waals surface area contributed by atoms with E-state index in [2.05, 4.69) is 165 Å². The minimum absolute atomic E-state index is 0.500. The molecule has 0 bridgehead atoms. The molecule has 0 N–H and O–H groups in total. The molecule has 0 fully saturated rings. The number of nitrogens with zero attached hydrogens (tertiary/aromatic N) is 6. The van der Waals surface area contributed by atoms with E-state index in [0.717, 1.165) is 99.2 Å². The van der Waals surface area contributed by atoms with Gasteiger partial charge in [-0.05, 0) is 60.7 Å². The zero-order valence-electron chi connectivity index (χ0n) is 35.2. The van der Waals surface area contributed by atoms with Crippen LogP contribution in [0.5, 0.6) is 0 Å². The number of fused-ring (bicyclic) bond motifs is 15. The van der Waals surface area contributed by atoms with E-state index in [4.69, 9.17) is 14.4 Å². The summed E-state index contributed by atoms with van der Waals surface area (Å²) >= 11 is 0. The van der Waals surface area contributed by atoms with Crippen LogP contribution in [-0.2, 0) is 0 Å². The van der Waals surface area contributed by atoms with E-state index in [1.165, 1.54) is 10.8 Å². The maximum absolute atomic E-state index is 11.4. The molecule has 7 nitrogen and oxygen atoms in total. The molecule has 0 atom stereocenters. The van der Waals surface area contributed by atoms with Gasteiger partial charge >= 0.3 is 0 Å². The van der Waals surface area contributed by atoms with Crippen LogP contribution in [0.25, 0.3) is 127 Å². The Labute approximate surface area is 376 Å². The first kappa shape index (κ1) is 36.3. The predicted molar refractivity (Wildman–Crippen MR) is 268 cm³/mol. The molecule has 7 heteroatoms. The van der Waals surface area contributed by atoms with E-state index in [-0.39, 0.29) is 0 Å². The monoisotopic (exact) mass is 842 g/mol. The van der Waals surface area contributed by atoms with Crippen molar-refractivity contribution in [1.82, 2.24) is 23.7 Å². The van der Waals surface area contributed by atoms with Crippen LogP contribution in [-0.4, -0.2) is 23.7 Å².